The van der Waals surface area contributed by atoms with Crippen molar-refractivity contribution < 1.29 is 30.0 Å². The first-order valence-electron chi connectivity index (χ1n) is 10.8. The number of benzene rings is 3. The maximum absolute atomic E-state index is 10.0. The molecule has 1 radical (unpaired) electrons. The van der Waals surface area contributed by atoms with Gasteiger partial charge in [0.25, 0.3) is 0 Å². The molecule has 5 rings (SSSR count). The molecule has 185 valence electrons. The van der Waals surface area contributed by atoms with Crippen LogP contribution in [-0.4, -0.2) is 30.0 Å². The number of carbonyl (C=O) groups excluding carboxylic acids is 1. The molecular weight excluding hydrogens is 631 g/mol. The van der Waals surface area contributed by atoms with Crippen LogP contribution >= 0.6 is 0 Å². The summed E-state index contributed by atoms with van der Waals surface area (Å²) in [6.45, 7) is 7.60. The van der Waals surface area contributed by atoms with Crippen LogP contribution in [-0.2, 0) is 39.0 Å². The quantitative estimate of drug-likeness (QED) is 0.152. The Morgan fingerprint density at radius 3 is 1.58 bits per heavy atom. The summed E-state index contributed by atoms with van der Waals surface area (Å²) in [4.78, 5) is 19.6. The van der Waals surface area contributed by atoms with Crippen LogP contribution < -0.4 is 0 Å². The second-order valence-electron chi connectivity index (χ2n) is 7.84. The van der Waals surface area contributed by atoms with Gasteiger partial charge < -0.3 is 26.1 Å². The van der Waals surface area contributed by atoms with E-state index in [-0.39, 0.29) is 31.6 Å². The standard InChI is InChI=1S/C22H17N4.C5H8O2.CN.Ir/c1-25-19-12-5-3-10-17(19)23-21(25)15-8-7-9-16(14-15)22-24-18-11-4-6-13-20(18)26(22)2;1-4(6)3-5(2)7;1-2;/h3-13H,1-2H3;3,6H,1-2H3;;/q-1;;-1;/b;4-3-;;. The van der Waals surface area contributed by atoms with Crippen LogP contribution in [0.25, 0.3) is 44.8 Å². The number of hydrogen-bond donors (Lipinski definition) is 1. The maximum atomic E-state index is 10.0. The number of para-hydroxylation sites is 4. The number of hydrogen-bond acceptors (Lipinski definition) is 5. The average Bonchev–Trinajstić information content (AvgIpc) is 3.37. The fourth-order valence-corrected chi connectivity index (χ4v) is 3.80. The Bertz CT molecular complexity index is 1450. The van der Waals surface area contributed by atoms with Gasteiger partial charge in [0.05, 0.1) is 39.5 Å². The van der Waals surface area contributed by atoms with E-state index in [0.717, 1.165) is 44.8 Å². The largest absolute Gasteiger partial charge is 0.512 e. The van der Waals surface area contributed by atoms with Crippen molar-refractivity contribution in [3.05, 3.63) is 91.2 Å². The summed E-state index contributed by atoms with van der Waals surface area (Å²) in [5, 5.41) is 14.6. The summed E-state index contributed by atoms with van der Waals surface area (Å²) >= 11 is 0. The smallest absolute Gasteiger partial charge is 0.155 e. The number of aliphatic hydroxyl groups is 1. The molecule has 36 heavy (non-hydrogen) atoms. The molecule has 2 aromatic heterocycles. The van der Waals surface area contributed by atoms with E-state index in [9.17, 15) is 4.79 Å². The monoisotopic (exact) mass is 656 g/mol. The summed E-state index contributed by atoms with van der Waals surface area (Å²) < 4.78 is 4.22. The van der Waals surface area contributed by atoms with Gasteiger partial charge >= 0.3 is 0 Å². The Morgan fingerprint density at radius 2 is 1.25 bits per heavy atom. The zero-order chi connectivity index (χ0) is 25.5. The number of carbonyl (C=O) groups is 1. The molecule has 0 amide bonds. The number of aromatic nitrogens is 4. The second kappa shape index (κ2) is 12.6. The van der Waals surface area contributed by atoms with Gasteiger partial charge in [-0.3, -0.25) is 14.8 Å². The zero-order valence-corrected chi connectivity index (χ0v) is 22.7. The number of nitrogens with zero attached hydrogens (tertiary/aromatic N) is 5. The minimum Gasteiger partial charge on any atom is -0.512 e. The molecule has 0 bridgehead atoms. The third kappa shape index (κ3) is 6.14. The molecule has 2 heterocycles. The average molecular weight is 656 g/mol. The summed E-state index contributed by atoms with van der Waals surface area (Å²) in [6.07, 6.45) is 1.17. The van der Waals surface area contributed by atoms with Gasteiger partial charge in [0.2, 0.25) is 0 Å². The van der Waals surface area contributed by atoms with Crippen molar-refractivity contribution in [2.75, 3.05) is 0 Å². The van der Waals surface area contributed by atoms with Gasteiger partial charge in [-0.25, -0.2) is 0 Å². The van der Waals surface area contributed by atoms with E-state index in [4.69, 9.17) is 26.9 Å². The van der Waals surface area contributed by atoms with Gasteiger partial charge in [-0.1, -0.05) is 35.4 Å². The van der Waals surface area contributed by atoms with Crippen molar-refractivity contribution in [3.8, 4) is 22.8 Å². The van der Waals surface area contributed by atoms with Crippen molar-refractivity contribution in [3.63, 3.8) is 0 Å². The summed E-state index contributed by atoms with van der Waals surface area (Å²) in [6, 6.07) is 26.0. The Kier molecular flexibility index (Phi) is 9.86. The molecule has 0 unspecified atom stereocenters. The summed E-state index contributed by atoms with van der Waals surface area (Å²) in [5.74, 6) is 1.76. The molecule has 0 saturated carbocycles. The fourth-order valence-electron chi connectivity index (χ4n) is 3.80. The maximum Gasteiger partial charge on any atom is 0.155 e. The third-order valence-electron chi connectivity index (χ3n) is 5.26. The molecule has 0 aliphatic heterocycles. The second-order valence-corrected chi connectivity index (χ2v) is 7.84. The van der Waals surface area contributed by atoms with Crippen molar-refractivity contribution in [1.82, 2.24) is 19.1 Å². The number of allylic oxidation sites excluding steroid dienone is 2. The molecule has 0 aliphatic carbocycles. The van der Waals surface area contributed by atoms with Crippen LogP contribution in [0.5, 0.6) is 0 Å². The third-order valence-corrected chi connectivity index (χ3v) is 5.26. The number of imidazole rings is 2. The summed E-state index contributed by atoms with van der Waals surface area (Å²) in [5.41, 5.74) is 6.15. The first-order valence-corrected chi connectivity index (χ1v) is 10.8. The Morgan fingerprint density at radius 1 is 0.833 bits per heavy atom. The van der Waals surface area contributed by atoms with Crippen LogP contribution in [0.4, 0.5) is 0 Å². The van der Waals surface area contributed by atoms with E-state index in [1.165, 1.54) is 19.9 Å². The Labute approximate surface area is 223 Å². The fraction of sp³-hybridized carbons (Fsp3) is 0.143. The number of ketones is 1. The van der Waals surface area contributed by atoms with Crippen LogP contribution in [0.3, 0.4) is 0 Å². The van der Waals surface area contributed by atoms with E-state index in [2.05, 4.69) is 27.3 Å². The molecule has 5 aromatic rings. The predicted molar refractivity (Wildman–Crippen MR) is 137 cm³/mol. The molecule has 7 nitrogen and oxygen atoms in total. The first-order chi connectivity index (χ1) is 16.8. The van der Waals surface area contributed by atoms with Gasteiger partial charge in [0.1, 0.15) is 0 Å². The number of rotatable bonds is 3. The number of fused-ring (bicyclic) bond motifs is 2. The molecule has 3 aromatic carbocycles. The molecule has 0 aliphatic rings. The van der Waals surface area contributed by atoms with Gasteiger partial charge in [0.15, 0.2) is 5.78 Å². The minimum atomic E-state index is -0.125. The van der Waals surface area contributed by atoms with Gasteiger partial charge in [0, 0.05) is 40.3 Å². The Balaban J connectivity index is 0.000000399. The van der Waals surface area contributed by atoms with Crippen LogP contribution in [0.15, 0.2) is 78.6 Å². The normalized spacial score (nSPS) is 10.6. The van der Waals surface area contributed by atoms with Gasteiger partial charge in [-0.05, 0) is 38.1 Å². The first kappa shape index (κ1) is 28.2. The van der Waals surface area contributed by atoms with E-state index >= 15 is 0 Å². The van der Waals surface area contributed by atoms with E-state index in [1.807, 2.05) is 68.7 Å². The van der Waals surface area contributed by atoms with Gasteiger partial charge in [-0.15, -0.1) is 24.3 Å². The topological polar surface area (TPSA) is 96.7 Å². The molecule has 8 heteroatoms. The van der Waals surface area contributed by atoms with E-state index < -0.39 is 0 Å². The van der Waals surface area contributed by atoms with Crippen LogP contribution in [0, 0.1) is 17.9 Å². The SMILES string of the molecule is CC(=O)/C=C(/C)O.Cn1c(-c2[c-]c(-c3nc4ccccc4n3C)ccc2)nc2ccccc21.[C-]#N.[Ir]. The van der Waals surface area contributed by atoms with Gasteiger partial charge in [-0.2, -0.15) is 0 Å². The predicted octanol–water partition coefficient (Wildman–Crippen LogP) is 5.73. The van der Waals surface area contributed by atoms with Crippen molar-refractivity contribution in [2.24, 2.45) is 14.1 Å². The van der Waals surface area contributed by atoms with Crippen molar-refractivity contribution in [2.45, 2.75) is 13.8 Å². The molecule has 0 saturated heterocycles. The minimum absolute atomic E-state index is 0. The number of aryl methyl sites for hydroxylation is 2. The van der Waals surface area contributed by atoms with E-state index in [0.29, 0.717) is 0 Å². The van der Waals surface area contributed by atoms with E-state index in [1.54, 1.807) is 0 Å². The van der Waals surface area contributed by atoms with Crippen LogP contribution in [0.1, 0.15) is 13.8 Å². The molecule has 0 atom stereocenters. The van der Waals surface area contributed by atoms with Crippen LogP contribution in [0.2, 0.25) is 0 Å². The number of aliphatic hydroxyl groups excluding tert-OH is 1. The molecule has 0 spiro atoms. The van der Waals surface area contributed by atoms with Crippen molar-refractivity contribution >= 4 is 27.9 Å². The Hall–Kier alpha value is -4.05. The molecule has 0 fully saturated rings. The molecule has 1 N–H and O–H groups in total. The molecular formula is C28H25IrN5O2-2. The summed E-state index contributed by atoms with van der Waals surface area (Å²) in [7, 11) is 4.08. The van der Waals surface area contributed by atoms with Crippen molar-refractivity contribution in [1.29, 1.82) is 5.26 Å². The zero-order valence-electron chi connectivity index (χ0n) is 20.4.